The van der Waals surface area contributed by atoms with E-state index in [1.54, 1.807) is 6.07 Å². The van der Waals surface area contributed by atoms with E-state index in [1.807, 2.05) is 27.7 Å². The number of carbonyl (C=O) groups is 1. The number of rotatable bonds is 8. The molecule has 27 heavy (non-hydrogen) atoms. The molecule has 1 heterocycles. The number of hydrogen-bond acceptors (Lipinski definition) is 5. The van der Waals surface area contributed by atoms with Crippen molar-refractivity contribution in [1.82, 2.24) is 10.3 Å². The number of fused-ring (bicyclic) bond motifs is 1. The van der Waals surface area contributed by atoms with Crippen molar-refractivity contribution in [3.05, 3.63) is 29.0 Å². The van der Waals surface area contributed by atoms with E-state index in [4.69, 9.17) is 10.5 Å². The number of alkyl carbamates (subject to hydrolysis) is 1. The molecule has 0 unspecified atom stereocenters. The fourth-order valence-corrected chi connectivity index (χ4v) is 3.46. The van der Waals surface area contributed by atoms with Crippen LogP contribution in [0.1, 0.15) is 51.6 Å². The normalized spacial score (nSPS) is 14.4. The second kappa shape index (κ2) is 9.64. The highest BCUT2D eigenvalue weighted by Gasteiger charge is 2.19. The maximum absolute atomic E-state index is 13.4. The van der Waals surface area contributed by atoms with Crippen LogP contribution < -0.4 is 11.1 Å². The Hall–Kier alpha value is -2.22. The van der Waals surface area contributed by atoms with E-state index in [-0.39, 0.29) is 17.8 Å². The average Bonchev–Trinajstić information content (AvgIpc) is 3.02. The first-order valence-electron chi connectivity index (χ1n) is 9.12. The van der Waals surface area contributed by atoms with Crippen molar-refractivity contribution in [1.29, 1.82) is 0 Å². The van der Waals surface area contributed by atoms with Crippen LogP contribution in [0.2, 0.25) is 0 Å². The van der Waals surface area contributed by atoms with Crippen LogP contribution in [0.15, 0.2) is 23.2 Å². The number of halogens is 1. The van der Waals surface area contributed by atoms with Crippen LogP contribution in [-0.2, 0) is 4.74 Å². The highest BCUT2D eigenvalue weighted by Crippen LogP contribution is 2.28. The van der Waals surface area contributed by atoms with Gasteiger partial charge in [0.1, 0.15) is 22.7 Å². The van der Waals surface area contributed by atoms with Gasteiger partial charge >= 0.3 is 6.09 Å². The van der Waals surface area contributed by atoms with Crippen LogP contribution in [0.25, 0.3) is 10.2 Å². The highest BCUT2D eigenvalue weighted by atomic mass is 32.1. The molecule has 1 aromatic carbocycles. The molecule has 1 amide bonds. The Labute approximate surface area is 163 Å². The van der Waals surface area contributed by atoms with Crippen molar-refractivity contribution in [3.63, 3.8) is 0 Å². The van der Waals surface area contributed by atoms with E-state index >= 15 is 0 Å². The van der Waals surface area contributed by atoms with Gasteiger partial charge in [0.15, 0.2) is 0 Å². The Kier molecular flexibility index (Phi) is 7.53. The molecule has 0 spiro atoms. The maximum Gasteiger partial charge on any atom is 0.407 e. The van der Waals surface area contributed by atoms with Gasteiger partial charge in [0.05, 0.1) is 22.9 Å². The standard InChI is InChI=1S/C19H27FN4O2S/c1-5-6-15(24-19(25)26-10-11(2)3)17(21)22-12(4)18-23-14-8-7-13(20)9-16(14)27-18/h7-9,11-12,15H,5-6,10H2,1-4H3,(H2,21,22)(H,24,25)/t12-,15+/m1/s1. The van der Waals surface area contributed by atoms with Crippen LogP contribution in [0.5, 0.6) is 0 Å². The quantitative estimate of drug-likeness (QED) is 0.513. The molecule has 2 rings (SSSR count). The number of nitrogens with two attached hydrogens (primary N) is 1. The Morgan fingerprint density at radius 3 is 2.81 bits per heavy atom. The average molecular weight is 395 g/mol. The molecule has 2 atom stereocenters. The third kappa shape index (κ3) is 6.16. The van der Waals surface area contributed by atoms with Crippen LogP contribution >= 0.6 is 11.3 Å². The van der Waals surface area contributed by atoms with E-state index in [2.05, 4.69) is 15.3 Å². The summed E-state index contributed by atoms with van der Waals surface area (Å²) in [6.45, 7) is 8.17. The van der Waals surface area contributed by atoms with Gasteiger partial charge in [0.2, 0.25) is 0 Å². The second-order valence-electron chi connectivity index (χ2n) is 6.87. The minimum atomic E-state index is -0.497. The number of aromatic nitrogens is 1. The first-order chi connectivity index (χ1) is 12.8. The molecule has 1 aromatic heterocycles. The summed E-state index contributed by atoms with van der Waals surface area (Å²) >= 11 is 1.39. The van der Waals surface area contributed by atoms with E-state index in [1.165, 1.54) is 23.5 Å². The molecular formula is C19H27FN4O2S. The molecule has 0 aliphatic rings. The molecule has 2 aromatic rings. The predicted molar refractivity (Wildman–Crippen MR) is 108 cm³/mol. The Morgan fingerprint density at radius 2 is 2.15 bits per heavy atom. The van der Waals surface area contributed by atoms with Crippen LogP contribution in [0.4, 0.5) is 9.18 Å². The topological polar surface area (TPSA) is 89.6 Å². The van der Waals surface area contributed by atoms with Gasteiger partial charge in [-0.3, -0.25) is 4.99 Å². The fraction of sp³-hybridized carbons (Fsp3) is 0.526. The number of ether oxygens (including phenoxy) is 1. The zero-order valence-electron chi connectivity index (χ0n) is 16.2. The van der Waals surface area contributed by atoms with Crippen molar-refractivity contribution in [2.45, 2.75) is 52.6 Å². The lowest BCUT2D eigenvalue weighted by molar-refractivity contribution is 0.131. The first-order valence-corrected chi connectivity index (χ1v) is 9.94. The lowest BCUT2D eigenvalue weighted by Gasteiger charge is -2.19. The third-order valence-electron chi connectivity index (χ3n) is 3.84. The molecule has 0 aliphatic heterocycles. The van der Waals surface area contributed by atoms with Crippen molar-refractivity contribution in [2.75, 3.05) is 6.61 Å². The minimum absolute atomic E-state index is 0.260. The Bertz CT molecular complexity index is 806. The van der Waals surface area contributed by atoms with Crippen molar-refractivity contribution >= 4 is 33.5 Å². The molecule has 0 radical (unpaired) electrons. The zero-order valence-corrected chi connectivity index (χ0v) is 17.0. The van der Waals surface area contributed by atoms with Gasteiger partial charge in [-0.05, 0) is 37.5 Å². The van der Waals surface area contributed by atoms with Gasteiger partial charge in [-0.25, -0.2) is 14.2 Å². The molecule has 0 bridgehead atoms. The summed E-state index contributed by atoms with van der Waals surface area (Å²) in [5, 5.41) is 3.53. The SMILES string of the molecule is CCC[C@H](NC(=O)OCC(C)C)C(N)=N[C@H](C)c1nc2ccc(F)cc2s1. The lowest BCUT2D eigenvalue weighted by atomic mass is 10.1. The molecule has 8 heteroatoms. The zero-order chi connectivity index (χ0) is 20.0. The lowest BCUT2D eigenvalue weighted by Crippen LogP contribution is -2.45. The minimum Gasteiger partial charge on any atom is -0.449 e. The summed E-state index contributed by atoms with van der Waals surface area (Å²) in [7, 11) is 0. The smallest absolute Gasteiger partial charge is 0.407 e. The van der Waals surface area contributed by atoms with Crippen molar-refractivity contribution in [2.24, 2.45) is 16.6 Å². The number of amides is 1. The Morgan fingerprint density at radius 1 is 1.41 bits per heavy atom. The molecule has 6 nitrogen and oxygen atoms in total. The van der Waals surface area contributed by atoms with Gasteiger partial charge in [-0.1, -0.05) is 27.2 Å². The van der Waals surface area contributed by atoms with E-state index in [0.29, 0.717) is 18.9 Å². The summed E-state index contributed by atoms with van der Waals surface area (Å²) in [6.07, 6.45) is 0.993. The number of aliphatic imine (C=N–C) groups is 1. The van der Waals surface area contributed by atoms with Crippen LogP contribution in [0.3, 0.4) is 0 Å². The maximum atomic E-state index is 13.4. The largest absolute Gasteiger partial charge is 0.449 e. The Balaban J connectivity index is 2.10. The van der Waals surface area contributed by atoms with E-state index in [9.17, 15) is 9.18 Å². The van der Waals surface area contributed by atoms with Crippen LogP contribution in [-0.4, -0.2) is 29.6 Å². The number of carbonyl (C=O) groups excluding carboxylic acids is 1. The van der Waals surface area contributed by atoms with Gasteiger partial charge in [-0.15, -0.1) is 11.3 Å². The summed E-state index contributed by atoms with van der Waals surface area (Å²) in [5.74, 6) is 0.298. The molecule has 148 valence electrons. The molecule has 0 saturated heterocycles. The van der Waals surface area contributed by atoms with Gasteiger partial charge in [0.25, 0.3) is 0 Å². The number of nitrogens with zero attached hydrogens (tertiary/aromatic N) is 2. The molecule has 0 fully saturated rings. The van der Waals surface area contributed by atoms with Crippen molar-refractivity contribution < 1.29 is 13.9 Å². The molecule has 0 saturated carbocycles. The number of amidine groups is 1. The number of hydrogen-bond donors (Lipinski definition) is 2. The summed E-state index contributed by atoms with van der Waals surface area (Å²) in [6, 6.07) is 3.80. The summed E-state index contributed by atoms with van der Waals surface area (Å²) < 4.78 is 19.3. The van der Waals surface area contributed by atoms with Gasteiger partial charge in [0, 0.05) is 0 Å². The van der Waals surface area contributed by atoms with E-state index < -0.39 is 12.1 Å². The molecular weight excluding hydrogens is 367 g/mol. The van der Waals surface area contributed by atoms with Crippen molar-refractivity contribution in [3.8, 4) is 0 Å². The number of nitrogens with one attached hydrogen (secondary N) is 1. The highest BCUT2D eigenvalue weighted by molar-refractivity contribution is 7.18. The molecule has 3 N–H and O–H groups in total. The van der Waals surface area contributed by atoms with Crippen LogP contribution in [0, 0.1) is 11.7 Å². The fourth-order valence-electron chi connectivity index (χ4n) is 2.47. The predicted octanol–water partition coefficient (Wildman–Crippen LogP) is 4.40. The third-order valence-corrected chi connectivity index (χ3v) is 5.03. The summed E-state index contributed by atoms with van der Waals surface area (Å²) in [4.78, 5) is 21.0. The van der Waals surface area contributed by atoms with Gasteiger partial charge in [-0.2, -0.15) is 0 Å². The second-order valence-corrected chi connectivity index (χ2v) is 7.93. The monoisotopic (exact) mass is 394 g/mol. The number of thiazole rings is 1. The summed E-state index contributed by atoms with van der Waals surface area (Å²) in [5.41, 5.74) is 6.90. The molecule has 0 aliphatic carbocycles. The first kappa shape index (κ1) is 21.1. The van der Waals surface area contributed by atoms with Gasteiger partial charge < -0.3 is 15.8 Å². The number of benzene rings is 1. The van der Waals surface area contributed by atoms with E-state index in [0.717, 1.165) is 21.6 Å².